The average Bonchev–Trinajstić information content (AvgIpc) is 3.28. The first-order valence-electron chi connectivity index (χ1n) is 22.2. The van der Waals surface area contributed by atoms with Crippen molar-refractivity contribution in [1.29, 1.82) is 0 Å². The van der Waals surface area contributed by atoms with E-state index >= 15 is 0 Å². The minimum Gasteiger partial charge on any atom is -0.444 e. The van der Waals surface area contributed by atoms with Crippen LogP contribution in [0.15, 0.2) is 152 Å². The van der Waals surface area contributed by atoms with Crippen LogP contribution in [0.3, 0.4) is 0 Å². The number of nitrogens with one attached hydrogen (secondary N) is 1. The molecule has 0 spiro atoms. The van der Waals surface area contributed by atoms with Crippen molar-refractivity contribution in [3.05, 3.63) is 178 Å². The molecule has 1 aliphatic heterocycles. The Balaban J connectivity index is 1.35. The molecule has 0 aliphatic carbocycles. The molecule has 0 unspecified atom stereocenters. The maximum Gasteiger partial charge on any atom is 0.408 e. The maximum atomic E-state index is 13.4. The quantitative estimate of drug-likeness (QED) is 0.0398. The van der Waals surface area contributed by atoms with Crippen molar-refractivity contribution in [1.82, 2.24) is 5.32 Å². The van der Waals surface area contributed by atoms with E-state index in [1.165, 1.54) is 0 Å². The summed E-state index contributed by atoms with van der Waals surface area (Å²) in [6.07, 6.45) is -4.57. The van der Waals surface area contributed by atoms with E-state index in [2.05, 4.69) is 62.2 Å². The number of nitro groups is 1. The summed E-state index contributed by atoms with van der Waals surface area (Å²) < 4.78 is 38.8. The second kappa shape index (κ2) is 23.0. The molecule has 0 saturated carbocycles. The van der Waals surface area contributed by atoms with E-state index in [0.717, 1.165) is 27.1 Å². The molecule has 1 saturated heterocycles. The van der Waals surface area contributed by atoms with E-state index in [4.69, 9.17) is 28.1 Å². The largest absolute Gasteiger partial charge is 0.444 e. The van der Waals surface area contributed by atoms with Crippen molar-refractivity contribution in [2.75, 3.05) is 13.2 Å². The molecule has 1 amide bonds. The first-order chi connectivity index (χ1) is 31.2. The Morgan fingerprint density at radius 3 is 1.63 bits per heavy atom. The van der Waals surface area contributed by atoms with Crippen LogP contribution in [0.4, 0.5) is 4.79 Å². The van der Waals surface area contributed by atoms with Gasteiger partial charge in [-0.15, -0.1) is 0 Å². The fraction of sp³-hybridized carbons (Fsp3) is 0.377. The van der Waals surface area contributed by atoms with Crippen LogP contribution in [0, 0.1) is 22.0 Å². The van der Waals surface area contributed by atoms with Crippen molar-refractivity contribution < 1.29 is 37.8 Å². The molecule has 0 bridgehead atoms. The predicted molar refractivity (Wildman–Crippen MR) is 255 cm³/mol. The molecule has 12 heteroatoms. The minimum absolute atomic E-state index is 0.0358. The first kappa shape index (κ1) is 48.8. The third-order valence-corrected chi connectivity index (χ3v) is 16.1. The van der Waals surface area contributed by atoms with E-state index in [9.17, 15) is 14.9 Å². The van der Waals surface area contributed by atoms with Gasteiger partial charge in [0.1, 0.15) is 17.8 Å². The van der Waals surface area contributed by atoms with Crippen molar-refractivity contribution >= 4 is 24.8 Å². The van der Waals surface area contributed by atoms with Crippen LogP contribution in [-0.4, -0.2) is 74.6 Å². The fourth-order valence-corrected chi connectivity index (χ4v) is 12.7. The van der Waals surface area contributed by atoms with Crippen molar-refractivity contribution in [3.63, 3.8) is 0 Å². The number of carbonyl (C=O) groups excluding carboxylic acids is 1. The zero-order valence-corrected chi connectivity index (χ0v) is 39.3. The normalized spacial score (nSPS) is 19.3. The fourth-order valence-electron chi connectivity index (χ4n) is 8.11. The number of nitrogens with zero attached hydrogens (tertiary/aromatic N) is 1. The van der Waals surface area contributed by atoms with Crippen LogP contribution in [0.25, 0.3) is 0 Å². The summed E-state index contributed by atoms with van der Waals surface area (Å²) in [5, 5.41) is 18.2. The summed E-state index contributed by atoms with van der Waals surface area (Å²) in [6, 6.07) is 47.0. The molecule has 1 fully saturated rings. The Morgan fingerprint density at radius 2 is 1.17 bits per heavy atom. The van der Waals surface area contributed by atoms with Gasteiger partial charge in [0, 0.05) is 18.0 Å². The smallest absolute Gasteiger partial charge is 0.408 e. The van der Waals surface area contributed by atoms with Gasteiger partial charge in [-0.2, -0.15) is 0 Å². The summed E-state index contributed by atoms with van der Waals surface area (Å²) in [4.78, 5) is 26.3. The lowest BCUT2D eigenvalue weighted by atomic mass is 9.92. The van der Waals surface area contributed by atoms with Crippen LogP contribution in [0.5, 0.6) is 0 Å². The molecule has 11 nitrogen and oxygen atoms in total. The highest BCUT2D eigenvalue weighted by molar-refractivity contribution is 6.99. The molecule has 6 atom stereocenters. The highest BCUT2D eigenvalue weighted by Gasteiger charge is 2.54. The summed E-state index contributed by atoms with van der Waals surface area (Å²) in [6.45, 7) is 12.7. The van der Waals surface area contributed by atoms with E-state index in [1.54, 1.807) is 20.8 Å². The van der Waals surface area contributed by atoms with E-state index < -0.39 is 61.4 Å². The monoisotopic (exact) mass is 898 g/mol. The van der Waals surface area contributed by atoms with Gasteiger partial charge in [-0.1, -0.05) is 184 Å². The second-order valence-corrected chi connectivity index (χ2v) is 22.5. The zero-order chi connectivity index (χ0) is 46.3. The number of carbonyl (C=O) groups is 1. The van der Waals surface area contributed by atoms with Gasteiger partial charge >= 0.3 is 6.09 Å². The van der Waals surface area contributed by atoms with E-state index in [0.29, 0.717) is 0 Å². The van der Waals surface area contributed by atoms with Gasteiger partial charge in [-0.25, -0.2) is 4.79 Å². The van der Waals surface area contributed by atoms with Gasteiger partial charge in [0.25, 0.3) is 14.4 Å². The molecular weight excluding hydrogens is 837 g/mol. The van der Waals surface area contributed by atoms with Crippen molar-refractivity contribution in [2.45, 2.75) is 115 Å². The van der Waals surface area contributed by atoms with Crippen LogP contribution in [-0.2, 0) is 47.9 Å². The summed E-state index contributed by atoms with van der Waals surface area (Å²) in [7, 11) is -2.96. The first-order valence-corrected chi connectivity index (χ1v) is 24.1. The third-order valence-electron chi connectivity index (χ3n) is 11.1. The number of benzene rings is 5. The Morgan fingerprint density at radius 1 is 0.708 bits per heavy atom. The topological polar surface area (TPSA) is 128 Å². The van der Waals surface area contributed by atoms with E-state index in [1.807, 2.05) is 127 Å². The summed E-state index contributed by atoms with van der Waals surface area (Å²) in [5.41, 5.74) is 1.89. The number of ether oxygens (including phenoxy) is 5. The third kappa shape index (κ3) is 13.7. The van der Waals surface area contributed by atoms with E-state index in [-0.39, 0.29) is 44.5 Å². The summed E-state index contributed by atoms with van der Waals surface area (Å²) >= 11 is 0. The molecule has 1 heterocycles. The number of alkyl carbamates (subject to hydrolysis) is 1. The molecule has 5 aromatic rings. The minimum atomic E-state index is -2.96. The number of hydrogen-bond donors (Lipinski definition) is 1. The van der Waals surface area contributed by atoms with Gasteiger partial charge in [-0.3, -0.25) is 10.1 Å². The Hall–Kier alpha value is -5.65. The molecule has 0 radical (unpaired) electrons. The highest BCUT2D eigenvalue weighted by Crippen LogP contribution is 2.37. The second-order valence-electron chi connectivity index (χ2n) is 18.2. The van der Waals surface area contributed by atoms with Crippen molar-refractivity contribution in [3.8, 4) is 11.8 Å². The van der Waals surface area contributed by atoms with Gasteiger partial charge in [-0.05, 0) is 52.9 Å². The lowest BCUT2D eigenvalue weighted by Crippen LogP contribution is -2.66. The molecule has 65 heavy (non-hydrogen) atoms. The summed E-state index contributed by atoms with van der Waals surface area (Å²) in [5.74, 6) is 6.28. The Kier molecular flexibility index (Phi) is 17.3. The standard InChI is InChI=1S/C53H62N2O9Si/c1-52(2,3)64-51(56)54-43(34-35-62-65(53(4,5)6,44-28-18-10-19-29-44)45-30-20-11-21-31-45)32-33-46-48(55(57)58)50(61-38-42-26-16-9-17-27-42)49(60-37-41-24-14-8-15-25-41)47(63-46)39-59-36-40-22-12-7-13-23-40/h7-31,43,46-50H,34-39H2,1-6H3,(H,54,56)/t43-,46-,47+,48-,49+,50+/m0/s1. The van der Waals surface area contributed by atoms with Gasteiger partial charge in [0.2, 0.25) is 0 Å². The van der Waals surface area contributed by atoms with Crippen LogP contribution >= 0.6 is 0 Å². The van der Waals surface area contributed by atoms with Crippen LogP contribution in [0.2, 0.25) is 5.04 Å². The Labute approximate surface area is 385 Å². The molecule has 342 valence electrons. The van der Waals surface area contributed by atoms with Crippen molar-refractivity contribution in [2.24, 2.45) is 0 Å². The molecule has 1 N–H and O–H groups in total. The van der Waals surface area contributed by atoms with Gasteiger partial charge in [0.15, 0.2) is 12.2 Å². The molecule has 6 rings (SSSR count). The molecule has 1 aliphatic rings. The molecular formula is C53H62N2O9Si. The zero-order valence-electron chi connectivity index (χ0n) is 38.3. The van der Waals surface area contributed by atoms with Crippen LogP contribution < -0.4 is 15.7 Å². The number of rotatable bonds is 18. The van der Waals surface area contributed by atoms with Crippen LogP contribution in [0.1, 0.15) is 64.7 Å². The molecule has 5 aromatic carbocycles. The average molecular weight is 899 g/mol. The lowest BCUT2D eigenvalue weighted by Gasteiger charge is -2.43. The maximum absolute atomic E-state index is 13.4. The van der Waals surface area contributed by atoms with Gasteiger partial charge < -0.3 is 33.4 Å². The predicted octanol–water partition coefficient (Wildman–Crippen LogP) is 8.65. The van der Waals surface area contributed by atoms with Gasteiger partial charge in [0.05, 0.1) is 32.5 Å². The highest BCUT2D eigenvalue weighted by atomic mass is 28.4. The Bertz CT molecular complexity index is 2240. The lowest BCUT2D eigenvalue weighted by molar-refractivity contribution is -0.557. The number of amides is 1. The molecule has 0 aromatic heterocycles. The number of hydrogen-bond acceptors (Lipinski definition) is 9. The SMILES string of the molecule is CC(C)(C)OC(=O)N[C@@H](C#C[C@@H]1O[C@H](COCc2ccccc2)[C@@H](OCc2ccccc2)[C@H](OCc2ccccc2)[C@H]1[N+](=O)[O-])CCO[Si](c1ccccc1)(c1ccccc1)C(C)(C)C.